The van der Waals surface area contributed by atoms with Crippen LogP contribution >= 0.6 is 0 Å². The van der Waals surface area contributed by atoms with Crippen molar-refractivity contribution in [3.05, 3.63) is 0 Å². The van der Waals surface area contributed by atoms with Gasteiger partial charge in [-0.15, -0.1) is 0 Å². The lowest BCUT2D eigenvalue weighted by atomic mass is 10.3. The van der Waals surface area contributed by atoms with E-state index in [0.717, 1.165) is 0 Å². The topological polar surface area (TPSA) is 70.0 Å². The lowest BCUT2D eigenvalue weighted by Gasteiger charge is -1.96. The van der Waals surface area contributed by atoms with E-state index in [4.69, 9.17) is 16.1 Å². The van der Waals surface area contributed by atoms with Crippen LogP contribution in [-0.4, -0.2) is 17.8 Å². The summed E-state index contributed by atoms with van der Waals surface area (Å²) in [5.74, 6) is 0. The molecule has 0 aromatic rings. The summed E-state index contributed by atoms with van der Waals surface area (Å²) in [6, 6.07) is 1.79. The van der Waals surface area contributed by atoms with Crippen molar-refractivity contribution in [2.75, 3.05) is 6.54 Å². The molecule has 1 unspecified atom stereocenters. The van der Waals surface area contributed by atoms with Crippen LogP contribution in [0.5, 0.6) is 0 Å². The third-order valence-electron chi connectivity index (χ3n) is 0.599. The minimum Gasteiger partial charge on any atom is -0.391 e. The highest BCUT2D eigenvalue weighted by Gasteiger charge is 1.95. The Bertz CT molecular complexity index is 76.2. The van der Waals surface area contributed by atoms with Crippen LogP contribution in [0, 0.1) is 11.3 Å². The van der Waals surface area contributed by atoms with Crippen LogP contribution in [0.3, 0.4) is 0 Å². The van der Waals surface area contributed by atoms with Gasteiger partial charge in [-0.05, 0) is 0 Å². The van der Waals surface area contributed by atoms with E-state index in [1.807, 2.05) is 0 Å². The first-order valence-electron chi connectivity index (χ1n) is 2.06. The van der Waals surface area contributed by atoms with Crippen LogP contribution in [0.4, 0.5) is 0 Å². The van der Waals surface area contributed by atoms with E-state index in [0.29, 0.717) is 0 Å². The fourth-order valence-electron chi connectivity index (χ4n) is 0.189. The van der Waals surface area contributed by atoms with Crippen molar-refractivity contribution in [2.45, 2.75) is 12.5 Å². The molecule has 40 valence electrons. The molecule has 0 aromatic heterocycles. The molecule has 0 spiro atoms. The molecule has 0 fully saturated rings. The standard InChI is InChI=1S/C4H8N2O/c5-2-1-4(7)3-6/h4,7H,1,3,6H2. The van der Waals surface area contributed by atoms with Crippen molar-refractivity contribution in [3.63, 3.8) is 0 Å². The quantitative estimate of drug-likeness (QED) is 0.478. The third-order valence-corrected chi connectivity index (χ3v) is 0.599. The summed E-state index contributed by atoms with van der Waals surface area (Å²) in [5, 5.41) is 16.4. The van der Waals surface area contributed by atoms with Gasteiger partial charge < -0.3 is 10.8 Å². The molecule has 0 saturated heterocycles. The number of rotatable bonds is 2. The van der Waals surface area contributed by atoms with Crippen molar-refractivity contribution in [3.8, 4) is 6.07 Å². The Balaban J connectivity index is 3.03. The van der Waals surface area contributed by atoms with E-state index in [9.17, 15) is 0 Å². The van der Waals surface area contributed by atoms with E-state index in [1.165, 1.54) is 0 Å². The minimum absolute atomic E-state index is 0.135. The Morgan fingerprint density at radius 2 is 2.43 bits per heavy atom. The minimum atomic E-state index is -0.634. The summed E-state index contributed by atoms with van der Waals surface area (Å²) < 4.78 is 0. The summed E-state index contributed by atoms with van der Waals surface area (Å²) in [5.41, 5.74) is 4.96. The predicted molar refractivity (Wildman–Crippen MR) is 25.3 cm³/mol. The molecule has 3 nitrogen and oxygen atoms in total. The number of aliphatic hydroxyl groups excluding tert-OH is 1. The van der Waals surface area contributed by atoms with Gasteiger partial charge in [0.2, 0.25) is 0 Å². The zero-order valence-corrected chi connectivity index (χ0v) is 3.96. The molecule has 0 aliphatic heterocycles. The summed E-state index contributed by atoms with van der Waals surface area (Å²) in [4.78, 5) is 0. The van der Waals surface area contributed by atoms with Gasteiger partial charge in [-0.1, -0.05) is 0 Å². The van der Waals surface area contributed by atoms with Gasteiger partial charge in [0.1, 0.15) is 0 Å². The molecule has 0 aromatic carbocycles. The Hall–Kier alpha value is -0.590. The first-order valence-corrected chi connectivity index (χ1v) is 2.06. The highest BCUT2D eigenvalue weighted by molar-refractivity contribution is 4.74. The molecule has 0 aliphatic carbocycles. The molecule has 3 heteroatoms. The van der Waals surface area contributed by atoms with Gasteiger partial charge in [-0.3, -0.25) is 0 Å². The maximum Gasteiger partial charge on any atom is 0.0792 e. The zero-order valence-electron chi connectivity index (χ0n) is 3.96. The number of hydrogen-bond acceptors (Lipinski definition) is 3. The van der Waals surface area contributed by atoms with Gasteiger partial charge in [-0.2, -0.15) is 5.26 Å². The van der Waals surface area contributed by atoms with Gasteiger partial charge in [0.15, 0.2) is 0 Å². The molecule has 0 rings (SSSR count). The van der Waals surface area contributed by atoms with Crippen LogP contribution in [0.1, 0.15) is 6.42 Å². The molecule has 0 heterocycles. The predicted octanol–water partition coefficient (Wildman–Crippen LogP) is -0.780. The van der Waals surface area contributed by atoms with Crippen molar-refractivity contribution in [1.29, 1.82) is 5.26 Å². The molecular formula is C4H8N2O. The van der Waals surface area contributed by atoms with Gasteiger partial charge in [0, 0.05) is 6.54 Å². The molecule has 1 atom stereocenters. The molecular weight excluding hydrogens is 92.1 g/mol. The van der Waals surface area contributed by atoms with E-state index in [1.54, 1.807) is 6.07 Å². The van der Waals surface area contributed by atoms with Gasteiger partial charge >= 0.3 is 0 Å². The van der Waals surface area contributed by atoms with E-state index in [-0.39, 0.29) is 13.0 Å². The second kappa shape index (κ2) is 3.59. The lowest BCUT2D eigenvalue weighted by Crippen LogP contribution is -2.18. The summed E-state index contributed by atoms with van der Waals surface area (Å²) in [6.45, 7) is 0.174. The Labute approximate surface area is 42.4 Å². The average molecular weight is 100 g/mol. The number of nitrogens with zero attached hydrogens (tertiary/aromatic N) is 1. The highest BCUT2D eigenvalue weighted by Crippen LogP contribution is 1.82. The summed E-state index contributed by atoms with van der Waals surface area (Å²) in [6.07, 6.45) is -0.499. The van der Waals surface area contributed by atoms with Crippen LogP contribution in [-0.2, 0) is 0 Å². The van der Waals surface area contributed by atoms with Gasteiger partial charge in [-0.25, -0.2) is 0 Å². The second-order valence-corrected chi connectivity index (χ2v) is 1.25. The maximum absolute atomic E-state index is 8.51. The number of nitrogens with two attached hydrogens (primary N) is 1. The first-order chi connectivity index (χ1) is 3.31. The maximum atomic E-state index is 8.51. The van der Waals surface area contributed by atoms with Crippen LogP contribution < -0.4 is 5.73 Å². The molecule has 0 aliphatic rings. The Morgan fingerprint density at radius 1 is 1.86 bits per heavy atom. The Kier molecular flexibility index (Phi) is 3.29. The molecule has 3 N–H and O–H groups in total. The van der Waals surface area contributed by atoms with Crippen molar-refractivity contribution < 1.29 is 5.11 Å². The second-order valence-electron chi connectivity index (χ2n) is 1.25. The molecule has 0 saturated carbocycles. The van der Waals surface area contributed by atoms with E-state index >= 15 is 0 Å². The van der Waals surface area contributed by atoms with E-state index in [2.05, 4.69) is 0 Å². The monoisotopic (exact) mass is 100 g/mol. The fraction of sp³-hybridized carbons (Fsp3) is 0.750. The number of hydrogen-bond donors (Lipinski definition) is 2. The van der Waals surface area contributed by atoms with Crippen LogP contribution in [0.25, 0.3) is 0 Å². The third kappa shape index (κ3) is 3.23. The molecule has 0 bridgehead atoms. The number of aliphatic hydroxyl groups is 1. The molecule has 0 amide bonds. The van der Waals surface area contributed by atoms with Gasteiger partial charge in [0.25, 0.3) is 0 Å². The fourth-order valence-corrected chi connectivity index (χ4v) is 0.189. The molecule has 0 radical (unpaired) electrons. The highest BCUT2D eigenvalue weighted by atomic mass is 16.3. The van der Waals surface area contributed by atoms with Crippen molar-refractivity contribution in [1.82, 2.24) is 0 Å². The van der Waals surface area contributed by atoms with Crippen molar-refractivity contribution >= 4 is 0 Å². The summed E-state index contributed by atoms with van der Waals surface area (Å²) in [7, 11) is 0. The molecule has 7 heavy (non-hydrogen) atoms. The lowest BCUT2D eigenvalue weighted by molar-refractivity contribution is 0.188. The first kappa shape index (κ1) is 6.41. The van der Waals surface area contributed by atoms with E-state index < -0.39 is 6.10 Å². The number of nitriles is 1. The normalized spacial score (nSPS) is 12.7. The van der Waals surface area contributed by atoms with Crippen LogP contribution in [0.2, 0.25) is 0 Å². The largest absolute Gasteiger partial charge is 0.391 e. The smallest absolute Gasteiger partial charge is 0.0792 e. The summed E-state index contributed by atoms with van der Waals surface area (Å²) >= 11 is 0. The average Bonchev–Trinajstić information content (AvgIpc) is 1.68. The van der Waals surface area contributed by atoms with Crippen LogP contribution in [0.15, 0.2) is 0 Å². The SMILES string of the molecule is N#CCC(O)CN. The van der Waals surface area contributed by atoms with Crippen molar-refractivity contribution in [2.24, 2.45) is 5.73 Å². The Morgan fingerprint density at radius 3 is 2.57 bits per heavy atom. The van der Waals surface area contributed by atoms with Gasteiger partial charge in [0.05, 0.1) is 18.6 Å². The zero-order chi connectivity index (χ0) is 5.70.